The number of nitriles is 1. The first kappa shape index (κ1) is 14.7. The van der Waals surface area contributed by atoms with E-state index in [0.29, 0.717) is 29.4 Å². The van der Waals surface area contributed by atoms with Crippen molar-refractivity contribution in [3.8, 4) is 6.07 Å². The third kappa shape index (κ3) is 3.16. The lowest BCUT2D eigenvalue weighted by molar-refractivity contribution is 0.401. The maximum absolute atomic E-state index is 11.7. The molecule has 1 unspecified atom stereocenters. The van der Waals surface area contributed by atoms with Crippen LogP contribution in [-0.2, 0) is 6.54 Å². The van der Waals surface area contributed by atoms with Gasteiger partial charge in [0.2, 0.25) is 0 Å². The van der Waals surface area contributed by atoms with Gasteiger partial charge in [0.05, 0.1) is 6.07 Å². The number of H-pyrrole nitrogens is 1. The number of thioether (sulfide) groups is 1. The van der Waals surface area contributed by atoms with E-state index in [1.165, 1.54) is 24.6 Å². The first-order valence-corrected chi connectivity index (χ1v) is 8.64. The summed E-state index contributed by atoms with van der Waals surface area (Å²) in [5.74, 6) is 1.10. The summed E-state index contributed by atoms with van der Waals surface area (Å²) < 4.78 is 1.66. The Morgan fingerprint density at radius 3 is 2.86 bits per heavy atom. The molecule has 2 aliphatic rings. The van der Waals surface area contributed by atoms with Crippen molar-refractivity contribution in [2.24, 2.45) is 5.92 Å². The number of aromatic amines is 1. The van der Waals surface area contributed by atoms with E-state index in [1.807, 2.05) is 6.92 Å². The lowest BCUT2D eigenvalue weighted by Gasteiger charge is -2.27. The van der Waals surface area contributed by atoms with E-state index < -0.39 is 5.54 Å². The lowest BCUT2D eigenvalue weighted by atomic mass is 9.97. The Kier molecular flexibility index (Phi) is 4.09. The van der Waals surface area contributed by atoms with Gasteiger partial charge >= 0.3 is 5.69 Å². The van der Waals surface area contributed by atoms with Crippen LogP contribution in [0.3, 0.4) is 0 Å². The predicted molar refractivity (Wildman–Crippen MR) is 81.1 cm³/mol. The molecular weight excluding hydrogens is 286 g/mol. The molecule has 2 fully saturated rings. The summed E-state index contributed by atoms with van der Waals surface area (Å²) in [4.78, 5) is 11.7. The maximum Gasteiger partial charge on any atom is 0.343 e. The average molecular weight is 307 g/mol. The van der Waals surface area contributed by atoms with Crippen LogP contribution >= 0.6 is 11.8 Å². The van der Waals surface area contributed by atoms with Crippen molar-refractivity contribution < 1.29 is 0 Å². The molecule has 114 valence electrons. The van der Waals surface area contributed by atoms with Crippen LogP contribution in [0, 0.1) is 17.2 Å². The zero-order valence-corrected chi connectivity index (χ0v) is 13.1. The average Bonchev–Trinajstić information content (AvgIpc) is 3.37. The molecule has 2 aliphatic carbocycles. The third-order valence-electron chi connectivity index (χ3n) is 4.11. The molecule has 0 spiro atoms. The second-order valence-electron chi connectivity index (χ2n) is 6.03. The van der Waals surface area contributed by atoms with Crippen LogP contribution in [0.2, 0.25) is 0 Å². The first-order valence-electron chi connectivity index (χ1n) is 7.65. The summed E-state index contributed by atoms with van der Waals surface area (Å²) >= 11 is 1.51. The molecule has 0 aliphatic heterocycles. The van der Waals surface area contributed by atoms with Crippen molar-refractivity contribution in [2.75, 3.05) is 5.75 Å². The molecule has 6 nitrogen and oxygen atoms in total. The van der Waals surface area contributed by atoms with Crippen LogP contribution in [0.25, 0.3) is 0 Å². The molecular formula is C14H21N5OS. The van der Waals surface area contributed by atoms with Gasteiger partial charge in [-0.2, -0.15) is 5.26 Å². The van der Waals surface area contributed by atoms with E-state index in [9.17, 15) is 10.1 Å². The van der Waals surface area contributed by atoms with Crippen LogP contribution < -0.4 is 11.0 Å². The SMILES string of the molecule is CCCn1c(SCC(C#N)(NC2CC2)C2CC2)n[nH]c1=O. The van der Waals surface area contributed by atoms with Gasteiger partial charge in [0.1, 0.15) is 5.54 Å². The van der Waals surface area contributed by atoms with Crippen molar-refractivity contribution >= 4 is 11.8 Å². The van der Waals surface area contributed by atoms with E-state index in [-0.39, 0.29) is 5.69 Å². The number of nitrogens with zero attached hydrogens (tertiary/aromatic N) is 3. The fourth-order valence-corrected chi connectivity index (χ4v) is 3.79. The fraction of sp³-hybridized carbons (Fsp3) is 0.786. The number of aromatic nitrogens is 3. The van der Waals surface area contributed by atoms with Gasteiger partial charge in [-0.15, -0.1) is 5.10 Å². The minimum Gasteiger partial charge on any atom is -0.296 e. The molecule has 7 heteroatoms. The van der Waals surface area contributed by atoms with Gasteiger partial charge in [-0.05, 0) is 38.0 Å². The molecule has 2 saturated carbocycles. The largest absolute Gasteiger partial charge is 0.343 e. The highest BCUT2D eigenvalue weighted by Crippen LogP contribution is 2.43. The zero-order valence-electron chi connectivity index (χ0n) is 12.3. The molecule has 0 amide bonds. The summed E-state index contributed by atoms with van der Waals surface area (Å²) in [5, 5.41) is 20.5. The highest BCUT2D eigenvalue weighted by atomic mass is 32.2. The van der Waals surface area contributed by atoms with Gasteiger partial charge in [0, 0.05) is 18.3 Å². The minimum atomic E-state index is -0.460. The van der Waals surface area contributed by atoms with E-state index in [0.717, 1.165) is 19.3 Å². The van der Waals surface area contributed by atoms with Gasteiger partial charge in [0.25, 0.3) is 0 Å². The predicted octanol–water partition coefficient (Wildman–Crippen LogP) is 1.50. The lowest BCUT2D eigenvalue weighted by Crippen LogP contribution is -2.49. The van der Waals surface area contributed by atoms with Crippen LogP contribution in [0.1, 0.15) is 39.0 Å². The molecule has 2 N–H and O–H groups in total. The molecule has 0 saturated heterocycles. The Morgan fingerprint density at radius 1 is 1.52 bits per heavy atom. The molecule has 0 radical (unpaired) electrons. The van der Waals surface area contributed by atoms with Crippen LogP contribution in [0.5, 0.6) is 0 Å². The Hall–Kier alpha value is -1.26. The van der Waals surface area contributed by atoms with E-state index in [2.05, 4.69) is 21.6 Å². The number of hydrogen-bond acceptors (Lipinski definition) is 5. The van der Waals surface area contributed by atoms with Crippen molar-refractivity contribution in [1.82, 2.24) is 20.1 Å². The topological polar surface area (TPSA) is 86.5 Å². The first-order chi connectivity index (χ1) is 10.2. The molecule has 1 heterocycles. The fourth-order valence-electron chi connectivity index (χ4n) is 2.61. The summed E-state index contributed by atoms with van der Waals surface area (Å²) in [6.07, 6.45) is 5.47. The highest BCUT2D eigenvalue weighted by Gasteiger charge is 2.48. The van der Waals surface area contributed by atoms with Gasteiger partial charge in [-0.25, -0.2) is 9.89 Å². The summed E-state index contributed by atoms with van der Waals surface area (Å²) in [6.45, 7) is 2.70. The second kappa shape index (κ2) is 5.85. The van der Waals surface area contributed by atoms with Gasteiger partial charge in [-0.1, -0.05) is 18.7 Å². The van der Waals surface area contributed by atoms with Gasteiger partial charge in [0.15, 0.2) is 5.16 Å². The second-order valence-corrected chi connectivity index (χ2v) is 6.97. The molecule has 21 heavy (non-hydrogen) atoms. The van der Waals surface area contributed by atoms with Crippen LogP contribution in [0.15, 0.2) is 9.95 Å². The van der Waals surface area contributed by atoms with Crippen LogP contribution in [-0.4, -0.2) is 32.1 Å². The number of hydrogen-bond donors (Lipinski definition) is 2. The maximum atomic E-state index is 11.7. The smallest absolute Gasteiger partial charge is 0.296 e. The molecule has 1 aromatic heterocycles. The molecule has 1 aromatic rings. The molecule has 3 rings (SSSR count). The van der Waals surface area contributed by atoms with E-state index in [1.54, 1.807) is 4.57 Å². The van der Waals surface area contributed by atoms with Crippen molar-refractivity contribution in [1.29, 1.82) is 5.26 Å². The quantitative estimate of drug-likeness (QED) is 0.711. The van der Waals surface area contributed by atoms with Gasteiger partial charge in [-0.3, -0.25) is 9.88 Å². The standard InChI is InChI=1S/C14H21N5OS/c1-2-7-19-12(20)17-18-13(19)21-9-14(8-15,10-3-4-10)16-11-5-6-11/h10-11,16H,2-7,9H2,1H3,(H,17,20). The van der Waals surface area contributed by atoms with Crippen molar-refractivity contribution in [3.05, 3.63) is 10.5 Å². The normalized spacial score (nSPS) is 21.0. The number of rotatable bonds is 8. The van der Waals surface area contributed by atoms with E-state index in [4.69, 9.17) is 0 Å². The van der Waals surface area contributed by atoms with Crippen molar-refractivity contribution in [3.63, 3.8) is 0 Å². The third-order valence-corrected chi connectivity index (χ3v) is 5.28. The molecule has 0 bridgehead atoms. The summed E-state index contributed by atoms with van der Waals surface area (Å²) in [6, 6.07) is 3.02. The highest BCUT2D eigenvalue weighted by molar-refractivity contribution is 7.99. The molecule has 0 aromatic carbocycles. The van der Waals surface area contributed by atoms with Gasteiger partial charge < -0.3 is 0 Å². The minimum absolute atomic E-state index is 0.163. The Labute approximate surface area is 128 Å². The van der Waals surface area contributed by atoms with Crippen LogP contribution in [0.4, 0.5) is 0 Å². The summed E-state index contributed by atoms with van der Waals surface area (Å²) in [5.41, 5.74) is -0.624. The zero-order chi connectivity index (χ0) is 14.9. The Morgan fingerprint density at radius 2 is 2.29 bits per heavy atom. The van der Waals surface area contributed by atoms with E-state index >= 15 is 0 Å². The summed E-state index contributed by atoms with van der Waals surface area (Å²) in [7, 11) is 0. The Bertz CT molecular complexity index is 595. The van der Waals surface area contributed by atoms with Crippen molar-refractivity contribution in [2.45, 2.75) is 62.3 Å². The Balaban J connectivity index is 1.72. The monoisotopic (exact) mass is 307 g/mol. The molecule has 1 atom stereocenters. The number of nitrogens with one attached hydrogen (secondary N) is 2.